The standard InChI is InChI=1S/C25H33N.2C2H6/c1-7-10-12-25(26-24(9-3)11-8-2)16-14-21(5)18-23-15-13-20(4)17-22(6)19-23;2*1-2/h8-9,11,13-19,22H,2-3,7,10,12H2,1,4-6H3;2*1-2H3/b16-14+,21-18+,24-11+,26-25-;;. The Labute approximate surface area is 187 Å². The van der Waals surface area contributed by atoms with Gasteiger partial charge in [0.1, 0.15) is 0 Å². The lowest BCUT2D eigenvalue weighted by Gasteiger charge is -2.03. The lowest BCUT2D eigenvalue weighted by atomic mass is 10.1. The summed E-state index contributed by atoms with van der Waals surface area (Å²) in [6.07, 6.45) is 24.0. The predicted molar refractivity (Wildman–Crippen MR) is 141 cm³/mol. The fourth-order valence-electron chi connectivity index (χ4n) is 2.71. The van der Waals surface area contributed by atoms with Crippen LogP contribution in [-0.2, 0) is 0 Å². The quantitative estimate of drug-likeness (QED) is 0.266. The predicted octanol–water partition coefficient (Wildman–Crippen LogP) is 9.51. The minimum Gasteiger partial charge on any atom is -0.254 e. The molecule has 1 unspecified atom stereocenters. The highest BCUT2D eigenvalue weighted by molar-refractivity contribution is 5.96. The molecular formula is C29H45N. The minimum absolute atomic E-state index is 0.453. The zero-order valence-electron chi connectivity index (χ0n) is 20.8. The molecule has 0 aromatic carbocycles. The van der Waals surface area contributed by atoms with Gasteiger partial charge in [0.25, 0.3) is 0 Å². The molecule has 0 N–H and O–H groups in total. The van der Waals surface area contributed by atoms with Crippen molar-refractivity contribution in [2.24, 2.45) is 10.9 Å². The highest BCUT2D eigenvalue weighted by Crippen LogP contribution is 2.17. The third-order valence-corrected chi connectivity index (χ3v) is 4.01. The Balaban J connectivity index is 0. The van der Waals surface area contributed by atoms with E-state index in [0.717, 1.165) is 30.7 Å². The van der Waals surface area contributed by atoms with Gasteiger partial charge < -0.3 is 0 Å². The number of unbranched alkanes of at least 4 members (excludes halogenated alkanes) is 1. The van der Waals surface area contributed by atoms with Crippen molar-refractivity contribution in [2.45, 2.75) is 74.7 Å². The van der Waals surface area contributed by atoms with Crippen LogP contribution in [0, 0.1) is 5.92 Å². The summed E-state index contributed by atoms with van der Waals surface area (Å²) < 4.78 is 0. The maximum atomic E-state index is 4.72. The van der Waals surface area contributed by atoms with Crippen molar-refractivity contribution >= 4 is 5.71 Å². The molecule has 1 heteroatoms. The second-order valence-corrected chi connectivity index (χ2v) is 6.73. The first kappa shape index (κ1) is 29.8. The van der Waals surface area contributed by atoms with Crippen LogP contribution in [0.15, 0.2) is 101 Å². The van der Waals surface area contributed by atoms with Crippen molar-refractivity contribution in [2.75, 3.05) is 0 Å². The first-order chi connectivity index (χ1) is 14.5. The molecule has 1 atom stereocenters. The van der Waals surface area contributed by atoms with Crippen LogP contribution < -0.4 is 0 Å². The first-order valence-electron chi connectivity index (χ1n) is 11.5. The molecule has 0 radical (unpaired) electrons. The topological polar surface area (TPSA) is 12.4 Å². The summed E-state index contributed by atoms with van der Waals surface area (Å²) in [6.45, 7) is 24.3. The van der Waals surface area contributed by atoms with Crippen molar-refractivity contribution in [1.82, 2.24) is 0 Å². The van der Waals surface area contributed by atoms with Gasteiger partial charge in [0.2, 0.25) is 0 Å². The molecule has 0 bridgehead atoms. The van der Waals surface area contributed by atoms with E-state index in [2.05, 4.69) is 83.4 Å². The second-order valence-electron chi connectivity index (χ2n) is 6.73. The fourth-order valence-corrected chi connectivity index (χ4v) is 2.71. The van der Waals surface area contributed by atoms with Gasteiger partial charge in [0.05, 0.1) is 5.70 Å². The molecule has 0 spiro atoms. The first-order valence-corrected chi connectivity index (χ1v) is 11.5. The molecule has 0 fully saturated rings. The molecule has 0 aromatic rings. The Kier molecular flexibility index (Phi) is 19.7. The fraction of sp³-hybridized carbons (Fsp3) is 0.414. The Hall–Kier alpha value is -2.41. The van der Waals surface area contributed by atoms with E-state index in [9.17, 15) is 0 Å². The highest BCUT2D eigenvalue weighted by atomic mass is 14.7. The maximum Gasteiger partial charge on any atom is 0.0626 e. The third-order valence-electron chi connectivity index (χ3n) is 4.01. The van der Waals surface area contributed by atoms with Crippen molar-refractivity contribution in [1.29, 1.82) is 0 Å². The van der Waals surface area contributed by atoms with Crippen molar-refractivity contribution in [3.05, 3.63) is 96.3 Å². The SMILES string of the molecule is C=C/C=C(C=C)/N=C(\C=C\C(C)=C\C1=CC(C)C=C(C)C=C1)CCCC.CC.CC. The Morgan fingerprint density at radius 3 is 2.30 bits per heavy atom. The summed E-state index contributed by atoms with van der Waals surface area (Å²) in [4.78, 5) is 4.72. The number of nitrogens with zero attached hydrogens (tertiary/aromatic N) is 1. The van der Waals surface area contributed by atoms with E-state index in [0.29, 0.717) is 5.92 Å². The molecule has 1 aliphatic rings. The molecule has 0 saturated carbocycles. The number of hydrogen-bond acceptors (Lipinski definition) is 1. The summed E-state index contributed by atoms with van der Waals surface area (Å²) in [6, 6.07) is 0. The van der Waals surface area contributed by atoms with E-state index in [1.54, 1.807) is 12.2 Å². The number of allylic oxidation sites excluding steroid dienone is 13. The van der Waals surface area contributed by atoms with Crippen molar-refractivity contribution in [3.63, 3.8) is 0 Å². The monoisotopic (exact) mass is 407 g/mol. The zero-order valence-corrected chi connectivity index (χ0v) is 20.8. The summed E-state index contributed by atoms with van der Waals surface area (Å²) >= 11 is 0. The second kappa shape index (κ2) is 19.9. The summed E-state index contributed by atoms with van der Waals surface area (Å²) in [5, 5.41) is 0. The van der Waals surface area contributed by atoms with Gasteiger partial charge in [-0.25, -0.2) is 0 Å². The van der Waals surface area contributed by atoms with Gasteiger partial charge in [-0.3, -0.25) is 4.99 Å². The summed E-state index contributed by atoms with van der Waals surface area (Å²) in [5.74, 6) is 0.453. The lowest BCUT2D eigenvalue weighted by molar-refractivity contribution is 0.836. The summed E-state index contributed by atoms with van der Waals surface area (Å²) in [5.41, 5.74) is 5.69. The van der Waals surface area contributed by atoms with Gasteiger partial charge in [0.15, 0.2) is 0 Å². The van der Waals surface area contributed by atoms with Crippen LogP contribution in [0.4, 0.5) is 0 Å². The maximum absolute atomic E-state index is 4.72. The number of rotatable bonds is 9. The van der Waals surface area contributed by atoms with Gasteiger partial charge in [-0.1, -0.05) is 115 Å². The molecule has 0 aromatic heterocycles. The summed E-state index contributed by atoms with van der Waals surface area (Å²) in [7, 11) is 0. The smallest absolute Gasteiger partial charge is 0.0626 e. The largest absolute Gasteiger partial charge is 0.254 e. The molecule has 166 valence electrons. The van der Waals surface area contributed by atoms with Gasteiger partial charge in [-0.05, 0) is 56.4 Å². The third kappa shape index (κ3) is 14.6. The Morgan fingerprint density at radius 1 is 1.07 bits per heavy atom. The lowest BCUT2D eigenvalue weighted by Crippen LogP contribution is -1.95. The molecule has 0 amide bonds. The highest BCUT2D eigenvalue weighted by Gasteiger charge is 2.01. The van der Waals surface area contributed by atoms with Gasteiger partial charge in [0, 0.05) is 5.71 Å². The van der Waals surface area contributed by atoms with Crippen LogP contribution in [0.25, 0.3) is 0 Å². The normalized spacial score (nSPS) is 17.1. The van der Waals surface area contributed by atoms with Crippen LogP contribution in [0.5, 0.6) is 0 Å². The molecule has 0 saturated heterocycles. The van der Waals surface area contributed by atoms with E-state index >= 15 is 0 Å². The van der Waals surface area contributed by atoms with Crippen LogP contribution in [-0.4, -0.2) is 5.71 Å². The average molecular weight is 408 g/mol. The molecule has 1 aliphatic carbocycles. The Morgan fingerprint density at radius 2 is 1.73 bits per heavy atom. The molecule has 30 heavy (non-hydrogen) atoms. The van der Waals surface area contributed by atoms with E-state index in [-0.39, 0.29) is 0 Å². The van der Waals surface area contributed by atoms with Crippen LogP contribution in [0.2, 0.25) is 0 Å². The van der Waals surface area contributed by atoms with Gasteiger partial charge >= 0.3 is 0 Å². The van der Waals surface area contributed by atoms with Crippen LogP contribution in [0.3, 0.4) is 0 Å². The zero-order chi connectivity index (χ0) is 23.4. The molecule has 0 heterocycles. The minimum atomic E-state index is 0.453. The van der Waals surface area contributed by atoms with E-state index in [4.69, 9.17) is 4.99 Å². The molecule has 1 rings (SSSR count). The molecule has 0 aliphatic heterocycles. The van der Waals surface area contributed by atoms with Crippen LogP contribution >= 0.6 is 0 Å². The average Bonchev–Trinajstić information content (AvgIpc) is 2.91. The Bertz CT molecular complexity index is 703. The van der Waals surface area contributed by atoms with Crippen molar-refractivity contribution in [3.8, 4) is 0 Å². The molecule has 1 nitrogen and oxygen atoms in total. The number of hydrogen-bond donors (Lipinski definition) is 0. The molecular weight excluding hydrogens is 362 g/mol. The van der Waals surface area contributed by atoms with Crippen LogP contribution in [0.1, 0.15) is 74.7 Å². The van der Waals surface area contributed by atoms with Crippen molar-refractivity contribution < 1.29 is 0 Å². The van der Waals surface area contributed by atoms with E-state index < -0.39 is 0 Å². The van der Waals surface area contributed by atoms with Gasteiger partial charge in [-0.2, -0.15) is 0 Å². The van der Waals surface area contributed by atoms with Gasteiger partial charge in [-0.15, -0.1) is 0 Å². The van der Waals surface area contributed by atoms with E-state index in [1.165, 1.54) is 16.7 Å². The number of aliphatic imine (C=N–C) groups is 1. The van der Waals surface area contributed by atoms with E-state index in [1.807, 2.05) is 33.8 Å².